The molecule has 206 valence electrons. The van der Waals surface area contributed by atoms with Crippen molar-refractivity contribution in [2.75, 3.05) is 10.8 Å². The highest BCUT2D eigenvalue weighted by molar-refractivity contribution is 7.92. The van der Waals surface area contributed by atoms with Gasteiger partial charge in [0.15, 0.2) is 0 Å². The van der Waals surface area contributed by atoms with Gasteiger partial charge in [-0.1, -0.05) is 67.4 Å². The van der Waals surface area contributed by atoms with Crippen molar-refractivity contribution in [1.82, 2.24) is 10.2 Å². The minimum atomic E-state index is -4.31. The molecule has 1 N–H and O–H groups in total. The molecule has 0 bridgehead atoms. The monoisotopic (exact) mass is 551 g/mol. The molecule has 3 aromatic rings. The Morgan fingerprint density at radius 3 is 2.23 bits per heavy atom. The van der Waals surface area contributed by atoms with Crippen LogP contribution < -0.4 is 9.62 Å². The van der Waals surface area contributed by atoms with E-state index >= 15 is 0 Å². The molecule has 1 atom stereocenters. The van der Waals surface area contributed by atoms with Crippen molar-refractivity contribution in [2.45, 2.75) is 63.1 Å². The number of halogens is 1. The molecular formula is C30H34FN3O4S. The summed E-state index contributed by atoms with van der Waals surface area (Å²) in [6, 6.07) is 19.7. The van der Waals surface area contributed by atoms with E-state index in [1.807, 2.05) is 31.2 Å². The van der Waals surface area contributed by atoms with Crippen LogP contribution in [0.2, 0.25) is 0 Å². The molecule has 0 heterocycles. The molecule has 7 nitrogen and oxygen atoms in total. The Balaban J connectivity index is 1.69. The third-order valence-electron chi connectivity index (χ3n) is 7.20. The van der Waals surface area contributed by atoms with Gasteiger partial charge in [0.25, 0.3) is 10.0 Å². The van der Waals surface area contributed by atoms with Gasteiger partial charge in [-0.05, 0) is 62.1 Å². The zero-order chi connectivity index (χ0) is 28.0. The number of carbonyl (C=O) groups excluding carboxylic acids is 2. The zero-order valence-electron chi connectivity index (χ0n) is 22.2. The molecule has 0 radical (unpaired) electrons. The Labute approximate surface area is 229 Å². The molecule has 3 aromatic carbocycles. The number of amides is 2. The van der Waals surface area contributed by atoms with Gasteiger partial charge in [0.1, 0.15) is 18.4 Å². The second-order valence-corrected chi connectivity index (χ2v) is 11.8. The van der Waals surface area contributed by atoms with Crippen LogP contribution in [0.4, 0.5) is 10.1 Å². The summed E-state index contributed by atoms with van der Waals surface area (Å²) in [5.74, 6) is -1.69. The fourth-order valence-electron chi connectivity index (χ4n) is 4.83. The predicted octanol–water partition coefficient (Wildman–Crippen LogP) is 4.81. The number of rotatable bonds is 10. The van der Waals surface area contributed by atoms with Gasteiger partial charge in [0.05, 0.1) is 10.6 Å². The molecule has 1 aliphatic rings. The Bertz CT molecular complexity index is 1410. The van der Waals surface area contributed by atoms with Gasteiger partial charge in [0, 0.05) is 12.6 Å². The molecule has 1 fully saturated rings. The maximum absolute atomic E-state index is 15.0. The van der Waals surface area contributed by atoms with Crippen LogP contribution in [0.25, 0.3) is 0 Å². The van der Waals surface area contributed by atoms with Gasteiger partial charge in [0.2, 0.25) is 11.8 Å². The summed E-state index contributed by atoms with van der Waals surface area (Å²) in [5, 5.41) is 3.04. The minimum absolute atomic E-state index is 0.0590. The molecule has 2 amide bonds. The van der Waals surface area contributed by atoms with Crippen molar-refractivity contribution < 1.29 is 22.4 Å². The van der Waals surface area contributed by atoms with E-state index < -0.39 is 34.3 Å². The highest BCUT2D eigenvalue weighted by atomic mass is 32.2. The fourth-order valence-corrected chi connectivity index (χ4v) is 6.28. The SMILES string of the molecule is Cc1ccccc1CN(C(=O)CN(c1ccccc1F)S(=O)(=O)c1ccccc1)[C@H](C)C(=O)NC1CCCC1. The lowest BCUT2D eigenvalue weighted by atomic mass is 10.1. The van der Waals surface area contributed by atoms with Crippen molar-refractivity contribution in [3.63, 3.8) is 0 Å². The lowest BCUT2D eigenvalue weighted by Gasteiger charge is -2.33. The van der Waals surface area contributed by atoms with Crippen LogP contribution in [0.3, 0.4) is 0 Å². The molecule has 0 saturated heterocycles. The molecule has 1 saturated carbocycles. The van der Waals surface area contributed by atoms with Crippen LogP contribution in [-0.2, 0) is 26.2 Å². The van der Waals surface area contributed by atoms with E-state index in [9.17, 15) is 22.4 Å². The van der Waals surface area contributed by atoms with Crippen LogP contribution in [0, 0.1) is 12.7 Å². The number of nitrogens with zero attached hydrogens (tertiary/aromatic N) is 2. The number of anilines is 1. The lowest BCUT2D eigenvalue weighted by Crippen LogP contribution is -2.52. The Kier molecular flexibility index (Phi) is 9.01. The van der Waals surface area contributed by atoms with Crippen molar-refractivity contribution >= 4 is 27.5 Å². The normalized spacial score (nSPS) is 14.5. The van der Waals surface area contributed by atoms with E-state index in [0.717, 1.165) is 47.2 Å². The highest BCUT2D eigenvalue weighted by Gasteiger charge is 2.34. The maximum atomic E-state index is 15.0. The van der Waals surface area contributed by atoms with E-state index in [-0.39, 0.29) is 29.1 Å². The van der Waals surface area contributed by atoms with E-state index in [0.29, 0.717) is 0 Å². The van der Waals surface area contributed by atoms with Gasteiger partial charge < -0.3 is 10.2 Å². The molecule has 0 spiro atoms. The van der Waals surface area contributed by atoms with Crippen LogP contribution >= 0.6 is 0 Å². The van der Waals surface area contributed by atoms with E-state index in [1.54, 1.807) is 25.1 Å². The van der Waals surface area contributed by atoms with E-state index in [1.165, 1.54) is 35.2 Å². The third kappa shape index (κ3) is 6.65. The smallest absolute Gasteiger partial charge is 0.264 e. The van der Waals surface area contributed by atoms with Crippen molar-refractivity contribution in [3.8, 4) is 0 Å². The number of nitrogens with one attached hydrogen (secondary N) is 1. The van der Waals surface area contributed by atoms with E-state index in [4.69, 9.17) is 0 Å². The molecule has 0 unspecified atom stereocenters. The van der Waals surface area contributed by atoms with Gasteiger partial charge in [-0.2, -0.15) is 0 Å². The Hall–Kier alpha value is -3.72. The second kappa shape index (κ2) is 12.4. The summed E-state index contributed by atoms with van der Waals surface area (Å²) in [4.78, 5) is 28.5. The molecule has 4 rings (SSSR count). The third-order valence-corrected chi connectivity index (χ3v) is 8.98. The largest absolute Gasteiger partial charge is 0.352 e. The molecular weight excluding hydrogens is 517 g/mol. The molecule has 1 aliphatic carbocycles. The Morgan fingerprint density at radius 1 is 0.949 bits per heavy atom. The zero-order valence-corrected chi connectivity index (χ0v) is 23.0. The minimum Gasteiger partial charge on any atom is -0.352 e. The molecule has 0 aliphatic heterocycles. The summed E-state index contributed by atoms with van der Waals surface area (Å²) < 4.78 is 43.1. The van der Waals surface area contributed by atoms with Crippen LogP contribution in [0.1, 0.15) is 43.7 Å². The number of para-hydroxylation sites is 1. The first kappa shape index (κ1) is 28.3. The molecule has 9 heteroatoms. The second-order valence-electron chi connectivity index (χ2n) is 9.89. The number of aryl methyl sites for hydroxylation is 1. The summed E-state index contributed by atoms with van der Waals surface area (Å²) in [7, 11) is -4.31. The standard InChI is InChI=1S/C30H34FN3O4S/c1-22-12-6-7-13-24(22)20-33(23(2)30(36)32-25-14-8-9-15-25)29(35)21-34(28-19-11-10-18-27(28)31)39(37,38)26-16-4-3-5-17-26/h3-7,10-13,16-19,23,25H,8-9,14-15,20-21H2,1-2H3,(H,32,36)/t23-/m1/s1. The topological polar surface area (TPSA) is 86.8 Å². The lowest BCUT2D eigenvalue weighted by molar-refractivity contribution is -0.139. The van der Waals surface area contributed by atoms with Gasteiger partial charge in [-0.25, -0.2) is 12.8 Å². The van der Waals surface area contributed by atoms with Crippen molar-refractivity contribution in [3.05, 3.63) is 95.8 Å². The van der Waals surface area contributed by atoms with E-state index in [2.05, 4.69) is 5.32 Å². The molecule has 39 heavy (non-hydrogen) atoms. The molecule has 0 aromatic heterocycles. The highest BCUT2D eigenvalue weighted by Crippen LogP contribution is 2.27. The number of hydrogen-bond donors (Lipinski definition) is 1. The number of benzene rings is 3. The first-order chi connectivity index (χ1) is 18.7. The first-order valence-electron chi connectivity index (χ1n) is 13.1. The number of sulfonamides is 1. The van der Waals surface area contributed by atoms with Gasteiger partial charge in [-0.15, -0.1) is 0 Å². The average Bonchev–Trinajstić information content (AvgIpc) is 3.45. The summed E-state index contributed by atoms with van der Waals surface area (Å²) >= 11 is 0. The predicted molar refractivity (Wildman–Crippen MR) is 149 cm³/mol. The van der Waals surface area contributed by atoms with Crippen LogP contribution in [-0.4, -0.2) is 43.8 Å². The summed E-state index contributed by atoms with van der Waals surface area (Å²) in [5.41, 5.74) is 1.52. The van der Waals surface area contributed by atoms with Crippen LogP contribution in [0.5, 0.6) is 0 Å². The quantitative estimate of drug-likeness (QED) is 0.392. The maximum Gasteiger partial charge on any atom is 0.264 e. The first-order valence-corrected chi connectivity index (χ1v) is 14.6. The number of hydrogen-bond acceptors (Lipinski definition) is 4. The van der Waals surface area contributed by atoms with Crippen LogP contribution in [0.15, 0.2) is 83.8 Å². The number of carbonyl (C=O) groups is 2. The Morgan fingerprint density at radius 2 is 1.56 bits per heavy atom. The van der Waals surface area contributed by atoms with Crippen molar-refractivity contribution in [2.24, 2.45) is 0 Å². The summed E-state index contributed by atoms with van der Waals surface area (Å²) in [6.45, 7) is 2.97. The fraction of sp³-hybridized carbons (Fsp3) is 0.333. The van der Waals surface area contributed by atoms with Gasteiger partial charge >= 0.3 is 0 Å². The van der Waals surface area contributed by atoms with Gasteiger partial charge in [-0.3, -0.25) is 13.9 Å². The average molecular weight is 552 g/mol. The van der Waals surface area contributed by atoms with Crippen molar-refractivity contribution in [1.29, 1.82) is 0 Å². The summed E-state index contributed by atoms with van der Waals surface area (Å²) in [6.07, 6.45) is 3.86.